The van der Waals surface area contributed by atoms with Gasteiger partial charge in [-0.2, -0.15) is 0 Å². The van der Waals surface area contributed by atoms with E-state index in [9.17, 15) is 4.39 Å². The summed E-state index contributed by atoms with van der Waals surface area (Å²) in [6.45, 7) is 3.58. The number of halogens is 1. The van der Waals surface area contributed by atoms with Gasteiger partial charge in [-0.25, -0.2) is 4.39 Å². The first kappa shape index (κ1) is 17.0. The number of fused-ring (bicyclic) bond motifs is 2. The fraction of sp³-hybridized carbons (Fsp3) is 0.368. The zero-order chi connectivity index (χ0) is 17.8. The van der Waals surface area contributed by atoms with Crippen LogP contribution in [-0.2, 0) is 0 Å². The Bertz CT molecular complexity index is 840. The smallest absolute Gasteiger partial charge is 0.291 e. The average Bonchev–Trinajstić information content (AvgIpc) is 3.37. The molecule has 3 atom stereocenters. The van der Waals surface area contributed by atoms with Gasteiger partial charge in [0.1, 0.15) is 18.5 Å². The Morgan fingerprint density at radius 2 is 2.08 bits per heavy atom. The van der Waals surface area contributed by atoms with Crippen LogP contribution in [0.2, 0.25) is 0 Å². The lowest BCUT2D eigenvalue weighted by atomic mass is 10.0. The third-order valence-electron chi connectivity index (χ3n) is 4.54. The number of aromatic nitrogens is 2. The standard InChI is InChI=1S/C19H18FN3O2S/c20-16-7-5-14(6-8-16)4-2-1-3-11-24-18-19(22-26-21-18)25-17-13-23-10-9-15(17)12-23/h1,3,5-8,15,17H,9-13H2. The minimum absolute atomic E-state index is 0.187. The first-order valence-electron chi connectivity index (χ1n) is 8.54. The molecule has 134 valence electrons. The van der Waals surface area contributed by atoms with Crippen LogP contribution in [-0.4, -0.2) is 46.0 Å². The van der Waals surface area contributed by atoms with Crippen LogP contribution in [0, 0.1) is 23.6 Å². The Morgan fingerprint density at radius 3 is 2.85 bits per heavy atom. The Hall–Kier alpha value is -2.43. The summed E-state index contributed by atoms with van der Waals surface area (Å²) >= 11 is 1.09. The Morgan fingerprint density at radius 1 is 1.23 bits per heavy atom. The zero-order valence-corrected chi connectivity index (χ0v) is 14.9. The molecule has 0 aliphatic carbocycles. The van der Waals surface area contributed by atoms with Crippen molar-refractivity contribution < 1.29 is 13.9 Å². The van der Waals surface area contributed by atoms with Crippen molar-refractivity contribution in [2.24, 2.45) is 5.92 Å². The highest BCUT2D eigenvalue weighted by atomic mass is 32.1. The maximum Gasteiger partial charge on any atom is 0.291 e. The van der Waals surface area contributed by atoms with Crippen molar-refractivity contribution in [2.75, 3.05) is 26.2 Å². The van der Waals surface area contributed by atoms with Crippen LogP contribution >= 0.6 is 11.7 Å². The summed E-state index contributed by atoms with van der Waals surface area (Å²) in [6.07, 6.45) is 4.87. The average molecular weight is 371 g/mol. The molecular weight excluding hydrogens is 353 g/mol. The van der Waals surface area contributed by atoms with Gasteiger partial charge in [-0.3, -0.25) is 4.90 Å². The molecule has 2 aromatic rings. The molecule has 0 saturated carbocycles. The number of allylic oxidation sites excluding steroid dienone is 1. The maximum atomic E-state index is 12.8. The minimum Gasteiger partial charge on any atom is -0.469 e. The van der Waals surface area contributed by atoms with Gasteiger partial charge in [0.25, 0.3) is 11.8 Å². The highest BCUT2D eigenvalue weighted by Crippen LogP contribution is 2.33. The van der Waals surface area contributed by atoms with Crippen molar-refractivity contribution in [3.05, 3.63) is 47.8 Å². The summed E-state index contributed by atoms with van der Waals surface area (Å²) in [5.41, 5.74) is 0.762. The molecule has 3 unspecified atom stereocenters. The van der Waals surface area contributed by atoms with Gasteiger partial charge >= 0.3 is 0 Å². The van der Waals surface area contributed by atoms with E-state index >= 15 is 0 Å². The summed E-state index contributed by atoms with van der Waals surface area (Å²) in [7, 11) is 0. The SMILES string of the molecule is Fc1ccc(C#CC=CCOc2nsnc2OC2CN3CCC2C3)cc1. The second-order valence-electron chi connectivity index (χ2n) is 6.33. The van der Waals surface area contributed by atoms with Crippen molar-refractivity contribution in [3.63, 3.8) is 0 Å². The van der Waals surface area contributed by atoms with Crippen molar-refractivity contribution in [2.45, 2.75) is 12.5 Å². The Balaban J connectivity index is 1.26. The van der Waals surface area contributed by atoms with E-state index in [1.165, 1.54) is 25.1 Å². The van der Waals surface area contributed by atoms with E-state index in [0.29, 0.717) is 24.3 Å². The van der Waals surface area contributed by atoms with Crippen molar-refractivity contribution in [1.29, 1.82) is 0 Å². The fourth-order valence-electron chi connectivity index (χ4n) is 3.24. The third kappa shape index (κ3) is 4.03. The lowest BCUT2D eigenvalue weighted by molar-refractivity contribution is 0.130. The molecule has 2 fully saturated rings. The molecule has 26 heavy (non-hydrogen) atoms. The van der Waals surface area contributed by atoms with E-state index in [0.717, 1.165) is 30.4 Å². The van der Waals surface area contributed by atoms with Crippen LogP contribution in [0.4, 0.5) is 4.39 Å². The molecule has 7 heteroatoms. The lowest BCUT2D eigenvalue weighted by Gasteiger charge is -2.22. The predicted octanol–water partition coefficient (Wildman–Crippen LogP) is 2.75. The highest BCUT2D eigenvalue weighted by Gasteiger charge is 2.40. The molecule has 1 aromatic carbocycles. The van der Waals surface area contributed by atoms with Crippen LogP contribution in [0.15, 0.2) is 36.4 Å². The lowest BCUT2D eigenvalue weighted by Crippen LogP contribution is -2.32. The second-order valence-corrected chi connectivity index (χ2v) is 6.86. The highest BCUT2D eigenvalue weighted by molar-refractivity contribution is 6.99. The number of rotatable bonds is 5. The van der Waals surface area contributed by atoms with Crippen molar-refractivity contribution in [1.82, 2.24) is 13.6 Å². The normalized spacial score (nSPS) is 23.8. The summed E-state index contributed by atoms with van der Waals surface area (Å²) in [6, 6.07) is 6.06. The van der Waals surface area contributed by atoms with Gasteiger partial charge in [-0.15, -0.1) is 8.75 Å². The number of benzene rings is 1. The van der Waals surface area contributed by atoms with E-state index in [1.54, 1.807) is 24.3 Å². The van der Waals surface area contributed by atoms with Gasteiger partial charge < -0.3 is 9.47 Å². The summed E-state index contributed by atoms with van der Waals surface area (Å²) < 4.78 is 32.8. The van der Waals surface area contributed by atoms with E-state index in [2.05, 4.69) is 25.5 Å². The third-order valence-corrected chi connectivity index (χ3v) is 5.04. The molecule has 2 saturated heterocycles. The molecule has 1 aromatic heterocycles. The van der Waals surface area contributed by atoms with E-state index in [-0.39, 0.29) is 11.9 Å². The monoisotopic (exact) mass is 371 g/mol. The van der Waals surface area contributed by atoms with E-state index in [4.69, 9.17) is 9.47 Å². The predicted molar refractivity (Wildman–Crippen MR) is 96.8 cm³/mol. The quantitative estimate of drug-likeness (QED) is 0.757. The van der Waals surface area contributed by atoms with Gasteiger partial charge in [-0.1, -0.05) is 11.8 Å². The largest absolute Gasteiger partial charge is 0.469 e. The van der Waals surface area contributed by atoms with E-state index < -0.39 is 0 Å². The summed E-state index contributed by atoms with van der Waals surface area (Å²) in [5, 5.41) is 0. The number of hydrogen-bond donors (Lipinski definition) is 0. The Labute approximate surface area is 155 Å². The van der Waals surface area contributed by atoms with Gasteiger partial charge in [-0.05, 0) is 49.4 Å². The maximum absolute atomic E-state index is 12.8. The van der Waals surface area contributed by atoms with Crippen LogP contribution in [0.5, 0.6) is 11.8 Å². The van der Waals surface area contributed by atoms with Crippen LogP contribution in [0.3, 0.4) is 0 Å². The van der Waals surface area contributed by atoms with Crippen LogP contribution in [0.25, 0.3) is 0 Å². The van der Waals surface area contributed by atoms with Crippen LogP contribution in [0.1, 0.15) is 12.0 Å². The van der Waals surface area contributed by atoms with E-state index in [1.807, 2.05) is 0 Å². The molecule has 0 spiro atoms. The topological polar surface area (TPSA) is 47.5 Å². The van der Waals surface area contributed by atoms with Crippen LogP contribution < -0.4 is 9.47 Å². The number of hydrogen-bond acceptors (Lipinski definition) is 6. The van der Waals surface area contributed by atoms with Gasteiger partial charge in [0.05, 0.1) is 11.7 Å². The fourth-order valence-corrected chi connectivity index (χ4v) is 3.68. The molecule has 2 aliphatic rings. The van der Waals surface area contributed by atoms with Gasteiger partial charge in [0.2, 0.25) is 0 Å². The molecule has 5 nitrogen and oxygen atoms in total. The minimum atomic E-state index is -0.267. The molecule has 0 amide bonds. The van der Waals surface area contributed by atoms with Crippen molar-refractivity contribution in [3.8, 4) is 23.6 Å². The summed E-state index contributed by atoms with van der Waals surface area (Å²) in [4.78, 5) is 2.41. The second kappa shape index (κ2) is 7.85. The molecule has 4 rings (SSSR count). The first-order valence-corrected chi connectivity index (χ1v) is 9.27. The molecule has 0 radical (unpaired) electrons. The summed E-state index contributed by atoms with van der Waals surface area (Å²) in [5.74, 6) is 7.06. The molecule has 3 heterocycles. The molecule has 2 aliphatic heterocycles. The number of ether oxygens (including phenoxy) is 2. The van der Waals surface area contributed by atoms with Gasteiger partial charge in [0.15, 0.2) is 0 Å². The zero-order valence-electron chi connectivity index (χ0n) is 14.1. The molecule has 0 N–H and O–H groups in total. The number of nitrogens with zero attached hydrogens (tertiary/aromatic N) is 3. The Kier molecular flexibility index (Phi) is 5.14. The molecular formula is C19H18FN3O2S. The molecule has 2 bridgehead atoms. The van der Waals surface area contributed by atoms with Crippen molar-refractivity contribution >= 4 is 11.7 Å². The van der Waals surface area contributed by atoms with Gasteiger partial charge in [0, 0.05) is 24.6 Å². The number of piperidine rings is 1. The first-order chi connectivity index (χ1) is 12.8.